The fourth-order valence-electron chi connectivity index (χ4n) is 3.03. The fourth-order valence-corrected chi connectivity index (χ4v) is 4.75. The molecule has 8 heteroatoms. The molecule has 1 aromatic heterocycles. The standard InChI is InChI=1S/C21H21NO5S2/c23-19(16-4-2-15(3-5-16)17-8-11-28-14-17)13-22-29(24,25)18-6-7-20-21(12-18)27-10-1-9-26-20/h2-8,11-12,14,19,22-23H,1,9-10,13H2. The van der Waals surface area contributed by atoms with Gasteiger partial charge < -0.3 is 14.6 Å². The van der Waals surface area contributed by atoms with Crippen LogP contribution in [-0.4, -0.2) is 33.3 Å². The Labute approximate surface area is 173 Å². The van der Waals surface area contributed by atoms with E-state index in [2.05, 4.69) is 10.1 Å². The van der Waals surface area contributed by atoms with Crippen LogP contribution in [0, 0.1) is 0 Å². The highest BCUT2D eigenvalue weighted by Crippen LogP contribution is 2.32. The molecule has 0 saturated heterocycles. The molecule has 1 atom stereocenters. The van der Waals surface area contributed by atoms with Crippen molar-refractivity contribution in [2.75, 3.05) is 19.8 Å². The first-order valence-corrected chi connectivity index (χ1v) is 11.7. The summed E-state index contributed by atoms with van der Waals surface area (Å²) >= 11 is 1.62. The summed E-state index contributed by atoms with van der Waals surface area (Å²) in [6.07, 6.45) is -0.214. The monoisotopic (exact) mass is 431 g/mol. The maximum Gasteiger partial charge on any atom is 0.240 e. The summed E-state index contributed by atoms with van der Waals surface area (Å²) in [7, 11) is -3.80. The van der Waals surface area contributed by atoms with Crippen LogP contribution < -0.4 is 14.2 Å². The van der Waals surface area contributed by atoms with Crippen molar-refractivity contribution in [2.24, 2.45) is 0 Å². The molecule has 3 aromatic rings. The van der Waals surface area contributed by atoms with E-state index in [4.69, 9.17) is 9.47 Å². The maximum atomic E-state index is 12.6. The summed E-state index contributed by atoms with van der Waals surface area (Å²) < 4.78 is 38.8. The SMILES string of the molecule is O=S(=O)(NCC(O)c1ccc(-c2ccsc2)cc1)c1ccc2c(c1)OCCCO2. The van der Waals surface area contributed by atoms with Crippen LogP contribution in [0.2, 0.25) is 0 Å². The van der Waals surface area contributed by atoms with Gasteiger partial charge in [-0.15, -0.1) is 0 Å². The molecule has 2 N–H and O–H groups in total. The Bertz CT molecular complexity index is 1060. The molecule has 0 aliphatic carbocycles. The fraction of sp³-hybridized carbons (Fsp3) is 0.238. The molecule has 152 valence electrons. The van der Waals surface area contributed by atoms with E-state index in [-0.39, 0.29) is 11.4 Å². The van der Waals surface area contributed by atoms with Gasteiger partial charge in [0.25, 0.3) is 0 Å². The third-order valence-electron chi connectivity index (χ3n) is 4.65. The molecule has 29 heavy (non-hydrogen) atoms. The third kappa shape index (κ3) is 4.62. The van der Waals surface area contributed by atoms with E-state index in [1.807, 2.05) is 23.6 Å². The van der Waals surface area contributed by atoms with Gasteiger partial charge in [-0.1, -0.05) is 24.3 Å². The largest absolute Gasteiger partial charge is 0.490 e. The number of benzene rings is 2. The summed E-state index contributed by atoms with van der Waals surface area (Å²) in [4.78, 5) is 0.0711. The zero-order chi connectivity index (χ0) is 20.3. The zero-order valence-electron chi connectivity index (χ0n) is 15.6. The molecule has 1 aliphatic heterocycles. The van der Waals surface area contributed by atoms with Gasteiger partial charge in [-0.05, 0) is 45.6 Å². The molecule has 4 rings (SSSR count). The molecule has 6 nitrogen and oxygen atoms in total. The van der Waals surface area contributed by atoms with Crippen molar-refractivity contribution < 1.29 is 23.0 Å². The Hall–Kier alpha value is -2.39. The molecule has 0 saturated carbocycles. The number of aliphatic hydroxyl groups excluding tert-OH is 1. The zero-order valence-corrected chi connectivity index (χ0v) is 17.2. The quantitative estimate of drug-likeness (QED) is 0.623. The lowest BCUT2D eigenvalue weighted by Gasteiger charge is -2.14. The van der Waals surface area contributed by atoms with Crippen molar-refractivity contribution in [1.82, 2.24) is 4.72 Å². The first-order valence-electron chi connectivity index (χ1n) is 9.23. The number of hydrogen-bond acceptors (Lipinski definition) is 6. The summed E-state index contributed by atoms with van der Waals surface area (Å²) in [6, 6.07) is 14.0. The first-order chi connectivity index (χ1) is 14.0. The van der Waals surface area contributed by atoms with Crippen molar-refractivity contribution in [1.29, 1.82) is 0 Å². The molecular weight excluding hydrogens is 410 g/mol. The van der Waals surface area contributed by atoms with Crippen LogP contribution in [0.25, 0.3) is 11.1 Å². The molecule has 0 amide bonds. The minimum Gasteiger partial charge on any atom is -0.490 e. The van der Waals surface area contributed by atoms with E-state index in [9.17, 15) is 13.5 Å². The highest BCUT2D eigenvalue weighted by atomic mass is 32.2. The average molecular weight is 432 g/mol. The lowest BCUT2D eigenvalue weighted by atomic mass is 10.0. The van der Waals surface area contributed by atoms with Crippen LogP contribution in [-0.2, 0) is 10.0 Å². The molecule has 0 bridgehead atoms. The Kier molecular flexibility index (Phi) is 5.86. The van der Waals surface area contributed by atoms with Gasteiger partial charge in [0.1, 0.15) is 0 Å². The number of fused-ring (bicyclic) bond motifs is 1. The van der Waals surface area contributed by atoms with Gasteiger partial charge in [-0.2, -0.15) is 11.3 Å². The molecular formula is C21H21NO5S2. The van der Waals surface area contributed by atoms with Crippen LogP contribution in [0.3, 0.4) is 0 Å². The van der Waals surface area contributed by atoms with E-state index < -0.39 is 16.1 Å². The summed E-state index contributed by atoms with van der Waals surface area (Å²) in [5, 5.41) is 14.5. The van der Waals surface area contributed by atoms with Crippen LogP contribution in [0.5, 0.6) is 11.5 Å². The van der Waals surface area contributed by atoms with Crippen molar-refractivity contribution in [3.8, 4) is 22.6 Å². The Morgan fingerprint density at radius 3 is 2.48 bits per heavy atom. The predicted octanol–water partition coefficient (Wildman–Crippen LogP) is 3.59. The number of ether oxygens (including phenoxy) is 2. The van der Waals surface area contributed by atoms with E-state index >= 15 is 0 Å². The lowest BCUT2D eigenvalue weighted by Crippen LogP contribution is -2.28. The Balaban J connectivity index is 1.43. The Morgan fingerprint density at radius 2 is 1.76 bits per heavy atom. The van der Waals surface area contributed by atoms with Gasteiger partial charge in [0.2, 0.25) is 10.0 Å². The van der Waals surface area contributed by atoms with Gasteiger partial charge in [-0.25, -0.2) is 13.1 Å². The van der Waals surface area contributed by atoms with E-state index in [0.29, 0.717) is 30.3 Å². The van der Waals surface area contributed by atoms with Gasteiger partial charge in [0, 0.05) is 19.0 Å². The third-order valence-corrected chi connectivity index (χ3v) is 6.75. The van der Waals surface area contributed by atoms with E-state index in [0.717, 1.165) is 17.5 Å². The minimum absolute atomic E-state index is 0.0711. The van der Waals surface area contributed by atoms with Gasteiger partial charge >= 0.3 is 0 Å². The van der Waals surface area contributed by atoms with Gasteiger partial charge in [0.15, 0.2) is 11.5 Å². The number of sulfonamides is 1. The van der Waals surface area contributed by atoms with Crippen molar-refractivity contribution >= 4 is 21.4 Å². The van der Waals surface area contributed by atoms with Gasteiger partial charge in [0.05, 0.1) is 24.2 Å². The highest BCUT2D eigenvalue weighted by molar-refractivity contribution is 7.89. The molecule has 1 unspecified atom stereocenters. The smallest absolute Gasteiger partial charge is 0.240 e. The van der Waals surface area contributed by atoms with Crippen LogP contribution >= 0.6 is 11.3 Å². The highest BCUT2D eigenvalue weighted by Gasteiger charge is 2.20. The van der Waals surface area contributed by atoms with Crippen molar-refractivity contribution in [3.63, 3.8) is 0 Å². The molecule has 1 aliphatic rings. The summed E-state index contributed by atoms with van der Waals surface area (Å²) in [5.41, 5.74) is 2.81. The number of hydrogen-bond donors (Lipinski definition) is 2. The molecule has 0 radical (unpaired) electrons. The summed E-state index contributed by atoms with van der Waals surface area (Å²) in [6.45, 7) is 0.882. The second-order valence-corrected chi connectivity index (χ2v) is 9.21. The normalized spacial score (nSPS) is 14.9. The number of rotatable bonds is 6. The molecule has 2 heterocycles. The van der Waals surface area contributed by atoms with Crippen LogP contribution in [0.1, 0.15) is 18.1 Å². The number of thiophene rings is 1. The second-order valence-electron chi connectivity index (χ2n) is 6.66. The first kappa shape index (κ1) is 19.9. The molecule has 0 spiro atoms. The number of nitrogens with one attached hydrogen (secondary N) is 1. The van der Waals surface area contributed by atoms with Crippen LogP contribution in [0.15, 0.2) is 64.2 Å². The Morgan fingerprint density at radius 1 is 1.00 bits per heavy atom. The topological polar surface area (TPSA) is 84.9 Å². The van der Waals surface area contributed by atoms with Crippen molar-refractivity contribution in [2.45, 2.75) is 17.4 Å². The van der Waals surface area contributed by atoms with E-state index in [1.165, 1.54) is 12.1 Å². The lowest BCUT2D eigenvalue weighted by molar-refractivity contribution is 0.182. The average Bonchev–Trinajstić information content (AvgIpc) is 3.17. The molecule has 2 aromatic carbocycles. The second kappa shape index (κ2) is 8.54. The molecule has 0 fully saturated rings. The number of aliphatic hydroxyl groups is 1. The minimum atomic E-state index is -3.80. The van der Waals surface area contributed by atoms with E-state index in [1.54, 1.807) is 29.5 Å². The van der Waals surface area contributed by atoms with Crippen molar-refractivity contribution in [3.05, 3.63) is 64.9 Å². The predicted molar refractivity (Wildman–Crippen MR) is 112 cm³/mol. The van der Waals surface area contributed by atoms with Gasteiger partial charge in [-0.3, -0.25) is 0 Å². The van der Waals surface area contributed by atoms with Crippen LogP contribution in [0.4, 0.5) is 0 Å². The maximum absolute atomic E-state index is 12.6. The summed E-state index contributed by atoms with van der Waals surface area (Å²) in [5.74, 6) is 0.946.